The summed E-state index contributed by atoms with van der Waals surface area (Å²) in [4.78, 5) is 28.4. The van der Waals surface area contributed by atoms with Crippen molar-refractivity contribution in [2.45, 2.75) is 0 Å². The molecule has 0 bridgehead atoms. The third-order valence-corrected chi connectivity index (χ3v) is 4.96. The van der Waals surface area contributed by atoms with Gasteiger partial charge >= 0.3 is 0 Å². The average Bonchev–Trinajstić information content (AvgIpc) is 2.72. The van der Waals surface area contributed by atoms with Crippen LogP contribution in [0.3, 0.4) is 0 Å². The van der Waals surface area contributed by atoms with E-state index in [9.17, 15) is 9.59 Å². The summed E-state index contributed by atoms with van der Waals surface area (Å²) >= 11 is 3.37. The van der Waals surface area contributed by atoms with Crippen molar-refractivity contribution in [3.63, 3.8) is 0 Å². The minimum atomic E-state index is -0.100. The molecule has 0 spiro atoms. The third kappa shape index (κ3) is 4.80. The number of carbonyl (C=O) groups excluding carboxylic acids is 2. The van der Waals surface area contributed by atoms with Crippen molar-refractivity contribution >= 4 is 27.7 Å². The molecule has 6 nitrogen and oxygen atoms in total. The zero-order chi connectivity index (χ0) is 19.2. The second-order valence-corrected chi connectivity index (χ2v) is 7.04. The first-order chi connectivity index (χ1) is 13.1. The molecule has 2 aromatic carbocycles. The number of para-hydroxylation sites is 2. The maximum Gasteiger partial charge on any atom is 0.260 e. The van der Waals surface area contributed by atoms with Crippen LogP contribution in [0, 0.1) is 0 Å². The van der Waals surface area contributed by atoms with Crippen LogP contribution in [-0.2, 0) is 4.79 Å². The van der Waals surface area contributed by atoms with Gasteiger partial charge in [-0.3, -0.25) is 9.59 Å². The number of amides is 2. The van der Waals surface area contributed by atoms with Crippen LogP contribution in [-0.4, -0.2) is 61.5 Å². The van der Waals surface area contributed by atoms with Crippen LogP contribution in [0.15, 0.2) is 53.0 Å². The number of nitrogens with zero attached hydrogens (tertiary/aromatic N) is 2. The SMILES string of the molecule is COc1ccccc1OCC(=O)N1CCN(C(=O)c2ccc(Br)cc2)CC1. The van der Waals surface area contributed by atoms with E-state index in [4.69, 9.17) is 9.47 Å². The fourth-order valence-corrected chi connectivity index (χ4v) is 3.17. The quantitative estimate of drug-likeness (QED) is 0.728. The van der Waals surface area contributed by atoms with Crippen LogP contribution >= 0.6 is 15.9 Å². The molecule has 1 heterocycles. The van der Waals surface area contributed by atoms with Gasteiger partial charge in [0.2, 0.25) is 0 Å². The monoisotopic (exact) mass is 432 g/mol. The molecule has 3 rings (SSSR count). The first kappa shape index (κ1) is 19.2. The highest BCUT2D eigenvalue weighted by Gasteiger charge is 2.25. The lowest BCUT2D eigenvalue weighted by Gasteiger charge is -2.34. The maximum absolute atomic E-state index is 12.5. The number of hydrogen-bond donors (Lipinski definition) is 0. The Morgan fingerprint density at radius 1 is 0.926 bits per heavy atom. The summed E-state index contributed by atoms with van der Waals surface area (Å²) < 4.78 is 11.7. The van der Waals surface area contributed by atoms with Crippen LogP contribution in [0.5, 0.6) is 11.5 Å². The molecule has 0 aliphatic carbocycles. The summed E-state index contributed by atoms with van der Waals surface area (Å²) in [5.41, 5.74) is 0.650. The highest BCUT2D eigenvalue weighted by molar-refractivity contribution is 9.10. The molecule has 7 heteroatoms. The van der Waals surface area contributed by atoms with Crippen LogP contribution in [0.2, 0.25) is 0 Å². The van der Waals surface area contributed by atoms with Crippen LogP contribution in [0.4, 0.5) is 0 Å². The van der Waals surface area contributed by atoms with Gasteiger partial charge in [-0.05, 0) is 36.4 Å². The molecule has 1 fully saturated rings. The van der Waals surface area contributed by atoms with Crippen LogP contribution in [0.1, 0.15) is 10.4 Å². The summed E-state index contributed by atoms with van der Waals surface area (Å²) in [6.07, 6.45) is 0. The van der Waals surface area contributed by atoms with Crippen molar-refractivity contribution in [3.8, 4) is 11.5 Å². The molecule has 142 valence electrons. The molecule has 1 aliphatic rings. The van der Waals surface area contributed by atoms with Gasteiger partial charge in [-0.25, -0.2) is 0 Å². The van der Waals surface area contributed by atoms with Gasteiger partial charge in [-0.1, -0.05) is 28.1 Å². The first-order valence-electron chi connectivity index (χ1n) is 8.67. The predicted octanol–water partition coefficient (Wildman–Crippen LogP) is 2.82. The van der Waals surface area contributed by atoms with Crippen molar-refractivity contribution < 1.29 is 19.1 Å². The predicted molar refractivity (Wildman–Crippen MR) is 105 cm³/mol. The standard InChI is InChI=1S/C20H21BrN2O4/c1-26-17-4-2-3-5-18(17)27-14-19(24)22-10-12-23(13-11-22)20(25)15-6-8-16(21)9-7-15/h2-9H,10-14H2,1H3. The van der Waals surface area contributed by atoms with E-state index in [1.54, 1.807) is 41.2 Å². The van der Waals surface area contributed by atoms with Gasteiger partial charge in [0.15, 0.2) is 18.1 Å². The minimum Gasteiger partial charge on any atom is -0.493 e. The molecule has 27 heavy (non-hydrogen) atoms. The van der Waals surface area contributed by atoms with Gasteiger partial charge in [0.05, 0.1) is 7.11 Å². The normalized spacial score (nSPS) is 14.0. The van der Waals surface area contributed by atoms with Crippen molar-refractivity contribution in [1.82, 2.24) is 9.80 Å². The van der Waals surface area contributed by atoms with E-state index in [1.165, 1.54) is 0 Å². The van der Waals surface area contributed by atoms with E-state index in [0.29, 0.717) is 43.2 Å². The smallest absolute Gasteiger partial charge is 0.260 e. The second kappa shape index (κ2) is 8.90. The minimum absolute atomic E-state index is 0.0140. The molecular weight excluding hydrogens is 412 g/mol. The number of piperazine rings is 1. The molecule has 0 aromatic heterocycles. The van der Waals surface area contributed by atoms with Crippen molar-refractivity contribution in [3.05, 3.63) is 58.6 Å². The number of benzene rings is 2. The molecule has 0 saturated carbocycles. The number of methoxy groups -OCH3 is 1. The third-order valence-electron chi connectivity index (χ3n) is 4.43. The van der Waals surface area contributed by atoms with E-state index in [-0.39, 0.29) is 18.4 Å². The zero-order valence-corrected chi connectivity index (χ0v) is 16.6. The molecule has 0 unspecified atom stereocenters. The highest BCUT2D eigenvalue weighted by Crippen LogP contribution is 2.25. The molecule has 1 saturated heterocycles. The van der Waals surface area contributed by atoms with E-state index >= 15 is 0 Å². The van der Waals surface area contributed by atoms with Gasteiger partial charge in [0.1, 0.15) is 0 Å². The Morgan fingerprint density at radius 3 is 2.15 bits per heavy atom. The van der Waals surface area contributed by atoms with Crippen LogP contribution < -0.4 is 9.47 Å². The largest absolute Gasteiger partial charge is 0.493 e. The summed E-state index contributed by atoms with van der Waals surface area (Å²) in [5.74, 6) is 1.02. The second-order valence-electron chi connectivity index (χ2n) is 6.12. The van der Waals surface area contributed by atoms with Crippen molar-refractivity contribution in [1.29, 1.82) is 0 Å². The molecule has 0 atom stereocenters. The lowest BCUT2D eigenvalue weighted by Crippen LogP contribution is -2.51. The van der Waals surface area contributed by atoms with E-state index in [1.807, 2.05) is 24.3 Å². The zero-order valence-electron chi connectivity index (χ0n) is 15.1. The number of rotatable bonds is 5. The molecule has 2 aromatic rings. The Bertz CT molecular complexity index is 802. The lowest BCUT2D eigenvalue weighted by atomic mass is 10.2. The number of carbonyl (C=O) groups is 2. The maximum atomic E-state index is 12.5. The van der Waals surface area contributed by atoms with Gasteiger partial charge < -0.3 is 19.3 Å². The van der Waals surface area contributed by atoms with E-state index < -0.39 is 0 Å². The number of halogens is 1. The Labute approximate surface area is 166 Å². The fraction of sp³-hybridized carbons (Fsp3) is 0.300. The van der Waals surface area contributed by atoms with E-state index in [2.05, 4.69) is 15.9 Å². The fourth-order valence-electron chi connectivity index (χ4n) is 2.90. The molecule has 0 N–H and O–H groups in total. The molecule has 0 radical (unpaired) electrons. The summed E-state index contributed by atoms with van der Waals surface area (Å²) in [7, 11) is 1.56. The van der Waals surface area contributed by atoms with Gasteiger partial charge in [-0.2, -0.15) is 0 Å². The molecular formula is C20H21BrN2O4. The lowest BCUT2D eigenvalue weighted by molar-refractivity contribution is -0.134. The van der Waals surface area contributed by atoms with Crippen molar-refractivity contribution in [2.24, 2.45) is 0 Å². The number of hydrogen-bond acceptors (Lipinski definition) is 4. The van der Waals surface area contributed by atoms with Crippen molar-refractivity contribution in [2.75, 3.05) is 39.9 Å². The molecule has 1 aliphatic heterocycles. The Balaban J connectivity index is 1.50. The van der Waals surface area contributed by atoms with E-state index in [0.717, 1.165) is 4.47 Å². The Kier molecular flexibility index (Phi) is 6.34. The summed E-state index contributed by atoms with van der Waals surface area (Å²) in [5, 5.41) is 0. The first-order valence-corrected chi connectivity index (χ1v) is 9.46. The van der Waals surface area contributed by atoms with Gasteiger partial charge in [0, 0.05) is 36.2 Å². The average molecular weight is 433 g/mol. The van der Waals surface area contributed by atoms with Crippen LogP contribution in [0.25, 0.3) is 0 Å². The summed E-state index contributed by atoms with van der Waals surface area (Å²) in [6, 6.07) is 14.5. The Hall–Kier alpha value is -2.54. The topological polar surface area (TPSA) is 59.1 Å². The number of ether oxygens (including phenoxy) is 2. The highest BCUT2D eigenvalue weighted by atomic mass is 79.9. The summed E-state index contributed by atoms with van der Waals surface area (Å²) in [6.45, 7) is 1.96. The van der Waals surface area contributed by atoms with Gasteiger partial charge in [0.25, 0.3) is 11.8 Å². The van der Waals surface area contributed by atoms with Gasteiger partial charge in [-0.15, -0.1) is 0 Å². The Morgan fingerprint density at radius 2 is 1.52 bits per heavy atom. The molecule has 2 amide bonds.